The van der Waals surface area contributed by atoms with Crippen LogP contribution in [-0.2, 0) is 6.54 Å². The molecule has 2 aromatic rings. The topological polar surface area (TPSA) is 52.8 Å². The zero-order valence-electron chi connectivity index (χ0n) is 11.2. The molecule has 5 nitrogen and oxygen atoms in total. The fourth-order valence-corrected chi connectivity index (χ4v) is 2.55. The van der Waals surface area contributed by atoms with Crippen molar-refractivity contribution in [2.24, 2.45) is 0 Å². The summed E-state index contributed by atoms with van der Waals surface area (Å²) in [5, 5.41) is 12.5. The average molecular weight is 260 g/mol. The van der Waals surface area contributed by atoms with Gasteiger partial charge in [-0.05, 0) is 32.0 Å². The minimum Gasteiger partial charge on any atom is -0.395 e. The second-order valence-corrected chi connectivity index (χ2v) is 4.99. The Morgan fingerprint density at radius 1 is 1.47 bits per heavy atom. The van der Waals surface area contributed by atoms with E-state index in [4.69, 9.17) is 4.98 Å². The Bertz CT molecular complexity index is 562. The number of imidazole rings is 1. The van der Waals surface area contributed by atoms with Crippen LogP contribution in [0.3, 0.4) is 0 Å². The van der Waals surface area contributed by atoms with Crippen molar-refractivity contribution in [1.29, 1.82) is 0 Å². The number of aliphatic hydroxyl groups is 1. The van der Waals surface area contributed by atoms with E-state index in [0.29, 0.717) is 12.6 Å². The Kier molecular flexibility index (Phi) is 3.40. The lowest BCUT2D eigenvalue weighted by Gasteiger charge is -2.22. The normalized spacial score (nSPS) is 15.1. The molecule has 2 heterocycles. The van der Waals surface area contributed by atoms with E-state index in [1.807, 2.05) is 31.4 Å². The molecule has 0 aromatic carbocycles. The van der Waals surface area contributed by atoms with Crippen molar-refractivity contribution in [3.63, 3.8) is 0 Å². The second kappa shape index (κ2) is 5.19. The van der Waals surface area contributed by atoms with Crippen LogP contribution in [0.15, 0.2) is 24.4 Å². The van der Waals surface area contributed by atoms with Gasteiger partial charge in [-0.15, -0.1) is 0 Å². The van der Waals surface area contributed by atoms with Crippen LogP contribution in [0.1, 0.15) is 18.5 Å². The molecule has 0 amide bonds. The van der Waals surface area contributed by atoms with Gasteiger partial charge < -0.3 is 19.7 Å². The minimum atomic E-state index is 0.170. The maximum absolute atomic E-state index is 9.28. The predicted octanol–water partition coefficient (Wildman–Crippen LogP) is 1.01. The van der Waals surface area contributed by atoms with Crippen LogP contribution in [0.5, 0.6) is 0 Å². The molecular weight excluding hydrogens is 240 g/mol. The third-order valence-corrected chi connectivity index (χ3v) is 3.55. The van der Waals surface area contributed by atoms with Gasteiger partial charge in [-0.2, -0.15) is 0 Å². The summed E-state index contributed by atoms with van der Waals surface area (Å²) in [6.07, 6.45) is 4.45. The fourth-order valence-electron chi connectivity index (χ4n) is 2.55. The largest absolute Gasteiger partial charge is 0.395 e. The number of nitrogens with one attached hydrogen (secondary N) is 1. The summed E-state index contributed by atoms with van der Waals surface area (Å²) in [7, 11) is 1.94. The van der Waals surface area contributed by atoms with E-state index in [9.17, 15) is 5.11 Å². The lowest BCUT2D eigenvalue weighted by atomic mass is 10.3. The monoisotopic (exact) mass is 260 g/mol. The molecule has 0 aliphatic heterocycles. The van der Waals surface area contributed by atoms with Gasteiger partial charge in [-0.3, -0.25) is 0 Å². The molecule has 2 aromatic heterocycles. The number of nitrogens with zero attached hydrogens (tertiary/aromatic N) is 3. The summed E-state index contributed by atoms with van der Waals surface area (Å²) in [6.45, 7) is 1.60. The SMILES string of the molecule is CNCc1c(N(CCO)C2CC2)nc2ccccn12. The molecule has 1 aliphatic rings. The highest BCUT2D eigenvalue weighted by atomic mass is 16.3. The summed E-state index contributed by atoms with van der Waals surface area (Å²) >= 11 is 0. The summed E-state index contributed by atoms with van der Waals surface area (Å²) < 4.78 is 2.12. The second-order valence-electron chi connectivity index (χ2n) is 4.99. The molecule has 2 N–H and O–H groups in total. The van der Waals surface area contributed by atoms with Crippen LogP contribution in [0.2, 0.25) is 0 Å². The predicted molar refractivity (Wildman–Crippen MR) is 75.4 cm³/mol. The van der Waals surface area contributed by atoms with E-state index in [1.165, 1.54) is 18.5 Å². The molecule has 0 saturated heterocycles. The maximum Gasteiger partial charge on any atom is 0.152 e. The Balaban J connectivity index is 2.07. The molecule has 0 radical (unpaired) electrons. The third kappa shape index (κ3) is 2.31. The van der Waals surface area contributed by atoms with Gasteiger partial charge >= 0.3 is 0 Å². The van der Waals surface area contributed by atoms with Gasteiger partial charge in [-0.1, -0.05) is 6.07 Å². The molecule has 0 atom stereocenters. The highest BCUT2D eigenvalue weighted by Crippen LogP contribution is 2.33. The first-order chi connectivity index (χ1) is 9.35. The standard InChI is InChI=1S/C14H20N4O/c1-15-10-12-14(17(8-9-19)11-5-6-11)16-13-4-2-3-7-18(12)13/h2-4,7,11,15,19H,5-6,8-10H2,1H3. The number of rotatable bonds is 6. The molecule has 5 heteroatoms. The zero-order valence-corrected chi connectivity index (χ0v) is 11.2. The summed E-state index contributed by atoms with van der Waals surface area (Å²) in [5.41, 5.74) is 2.13. The average Bonchev–Trinajstić information content (AvgIpc) is 3.20. The molecular formula is C14H20N4O. The first kappa shape index (κ1) is 12.4. The number of pyridine rings is 1. The molecule has 0 spiro atoms. The maximum atomic E-state index is 9.28. The van der Waals surface area contributed by atoms with Crippen LogP contribution in [-0.4, -0.2) is 40.7 Å². The van der Waals surface area contributed by atoms with E-state index in [0.717, 1.165) is 18.0 Å². The number of hydrogen-bond acceptors (Lipinski definition) is 4. The van der Waals surface area contributed by atoms with Gasteiger partial charge in [-0.25, -0.2) is 4.98 Å². The van der Waals surface area contributed by atoms with E-state index < -0.39 is 0 Å². The molecule has 102 valence electrons. The molecule has 1 fully saturated rings. The number of aliphatic hydroxyl groups excluding tert-OH is 1. The molecule has 0 unspecified atom stereocenters. The van der Waals surface area contributed by atoms with Gasteiger partial charge in [0.1, 0.15) is 5.65 Å². The first-order valence-electron chi connectivity index (χ1n) is 6.83. The number of hydrogen-bond donors (Lipinski definition) is 2. The lowest BCUT2D eigenvalue weighted by Crippen LogP contribution is -2.30. The smallest absolute Gasteiger partial charge is 0.152 e. The van der Waals surface area contributed by atoms with Crippen molar-refractivity contribution in [2.45, 2.75) is 25.4 Å². The highest BCUT2D eigenvalue weighted by molar-refractivity contribution is 5.57. The van der Waals surface area contributed by atoms with Gasteiger partial charge in [0.2, 0.25) is 0 Å². The van der Waals surface area contributed by atoms with Crippen LogP contribution < -0.4 is 10.2 Å². The Morgan fingerprint density at radius 3 is 3.00 bits per heavy atom. The van der Waals surface area contributed by atoms with E-state index in [-0.39, 0.29) is 6.61 Å². The fraction of sp³-hybridized carbons (Fsp3) is 0.500. The van der Waals surface area contributed by atoms with Crippen molar-refractivity contribution in [3.05, 3.63) is 30.1 Å². The van der Waals surface area contributed by atoms with Crippen molar-refractivity contribution in [2.75, 3.05) is 25.1 Å². The molecule has 19 heavy (non-hydrogen) atoms. The van der Waals surface area contributed by atoms with Crippen molar-refractivity contribution in [1.82, 2.24) is 14.7 Å². The van der Waals surface area contributed by atoms with Crippen LogP contribution in [0, 0.1) is 0 Å². The Labute approximate surface area is 112 Å². The van der Waals surface area contributed by atoms with E-state index in [1.54, 1.807) is 0 Å². The summed E-state index contributed by atoms with van der Waals surface area (Å²) in [5.74, 6) is 1.01. The molecule has 0 bridgehead atoms. The number of fused-ring (bicyclic) bond motifs is 1. The molecule has 1 aliphatic carbocycles. The van der Waals surface area contributed by atoms with Gasteiger partial charge in [0.15, 0.2) is 5.82 Å². The van der Waals surface area contributed by atoms with E-state index in [2.05, 4.69) is 14.6 Å². The van der Waals surface area contributed by atoms with E-state index >= 15 is 0 Å². The van der Waals surface area contributed by atoms with Crippen LogP contribution >= 0.6 is 0 Å². The summed E-state index contributed by atoms with van der Waals surface area (Å²) in [4.78, 5) is 7.00. The Hall–Kier alpha value is -1.59. The van der Waals surface area contributed by atoms with Gasteiger partial charge in [0, 0.05) is 25.3 Å². The first-order valence-corrected chi connectivity index (χ1v) is 6.83. The summed E-state index contributed by atoms with van der Waals surface area (Å²) in [6, 6.07) is 6.59. The van der Waals surface area contributed by atoms with Gasteiger partial charge in [0.25, 0.3) is 0 Å². The van der Waals surface area contributed by atoms with Crippen molar-refractivity contribution < 1.29 is 5.11 Å². The van der Waals surface area contributed by atoms with Crippen LogP contribution in [0.25, 0.3) is 5.65 Å². The zero-order chi connectivity index (χ0) is 13.2. The van der Waals surface area contributed by atoms with Crippen molar-refractivity contribution >= 4 is 11.5 Å². The quantitative estimate of drug-likeness (QED) is 0.814. The highest BCUT2D eigenvalue weighted by Gasteiger charge is 2.32. The minimum absolute atomic E-state index is 0.170. The molecule has 3 rings (SSSR count). The van der Waals surface area contributed by atoms with Gasteiger partial charge in [0.05, 0.1) is 12.3 Å². The number of aromatic nitrogens is 2. The third-order valence-electron chi connectivity index (χ3n) is 3.55. The van der Waals surface area contributed by atoms with Crippen molar-refractivity contribution in [3.8, 4) is 0 Å². The molecule has 1 saturated carbocycles. The van der Waals surface area contributed by atoms with Crippen LogP contribution in [0.4, 0.5) is 5.82 Å². The Morgan fingerprint density at radius 2 is 2.32 bits per heavy atom. The number of anilines is 1. The lowest BCUT2D eigenvalue weighted by molar-refractivity contribution is 0.301.